The average molecular weight is 226 g/mol. The standard InChI is InChI=1S/C12H16ClNO/c1-14-12(9-5-6-9)8-15-11-4-2-3-10(13)7-11/h2-4,7,9,12,14H,5-6,8H2,1H3. The molecule has 0 aliphatic heterocycles. The maximum atomic E-state index is 5.87. The zero-order valence-electron chi connectivity index (χ0n) is 8.87. The van der Waals surface area contributed by atoms with Gasteiger partial charge in [0.25, 0.3) is 0 Å². The lowest BCUT2D eigenvalue weighted by Gasteiger charge is -2.16. The van der Waals surface area contributed by atoms with E-state index in [-0.39, 0.29) is 0 Å². The van der Waals surface area contributed by atoms with E-state index < -0.39 is 0 Å². The Bertz CT molecular complexity index is 325. The van der Waals surface area contributed by atoms with Gasteiger partial charge in [-0.05, 0) is 44.0 Å². The first-order chi connectivity index (χ1) is 7.29. The second kappa shape index (κ2) is 4.86. The molecule has 0 saturated heterocycles. The van der Waals surface area contributed by atoms with Gasteiger partial charge in [0.05, 0.1) is 0 Å². The van der Waals surface area contributed by atoms with Gasteiger partial charge in [0.2, 0.25) is 0 Å². The SMILES string of the molecule is CNC(COc1cccc(Cl)c1)C1CC1. The normalized spacial score (nSPS) is 17.5. The van der Waals surface area contributed by atoms with Crippen LogP contribution < -0.4 is 10.1 Å². The molecule has 1 atom stereocenters. The van der Waals surface area contributed by atoms with E-state index in [0.29, 0.717) is 6.04 Å². The van der Waals surface area contributed by atoms with E-state index in [1.54, 1.807) is 0 Å². The Kier molecular flexibility index (Phi) is 3.49. The number of benzene rings is 1. The molecule has 1 aliphatic rings. The summed E-state index contributed by atoms with van der Waals surface area (Å²) in [5.41, 5.74) is 0. The van der Waals surface area contributed by atoms with E-state index in [1.807, 2.05) is 31.3 Å². The molecule has 0 amide bonds. The molecule has 0 aromatic heterocycles. The van der Waals surface area contributed by atoms with Crippen molar-refractivity contribution in [2.75, 3.05) is 13.7 Å². The van der Waals surface area contributed by atoms with Gasteiger partial charge in [-0.2, -0.15) is 0 Å². The molecule has 1 unspecified atom stereocenters. The monoisotopic (exact) mass is 225 g/mol. The highest BCUT2D eigenvalue weighted by atomic mass is 35.5. The molecule has 0 spiro atoms. The molecule has 1 aromatic carbocycles. The smallest absolute Gasteiger partial charge is 0.120 e. The Labute approximate surface area is 95.6 Å². The third-order valence-electron chi connectivity index (χ3n) is 2.79. The lowest BCUT2D eigenvalue weighted by Crippen LogP contribution is -2.33. The molecule has 0 heterocycles. The highest BCUT2D eigenvalue weighted by Crippen LogP contribution is 2.32. The Balaban J connectivity index is 1.86. The summed E-state index contributed by atoms with van der Waals surface area (Å²) in [6, 6.07) is 8.02. The van der Waals surface area contributed by atoms with Crippen LogP contribution in [0.3, 0.4) is 0 Å². The Morgan fingerprint density at radius 3 is 2.93 bits per heavy atom. The van der Waals surface area contributed by atoms with Crippen LogP contribution in [0.15, 0.2) is 24.3 Å². The van der Waals surface area contributed by atoms with Gasteiger partial charge in [0, 0.05) is 11.1 Å². The largest absolute Gasteiger partial charge is 0.492 e. The van der Waals surface area contributed by atoms with Crippen LogP contribution in [0, 0.1) is 5.92 Å². The Morgan fingerprint density at radius 1 is 1.53 bits per heavy atom. The van der Waals surface area contributed by atoms with Crippen LogP contribution in [0.1, 0.15) is 12.8 Å². The number of likely N-dealkylation sites (N-methyl/N-ethyl adjacent to an activating group) is 1. The third kappa shape index (κ3) is 3.11. The molecule has 1 saturated carbocycles. The number of hydrogen-bond donors (Lipinski definition) is 1. The third-order valence-corrected chi connectivity index (χ3v) is 3.02. The van der Waals surface area contributed by atoms with Gasteiger partial charge in [-0.3, -0.25) is 0 Å². The van der Waals surface area contributed by atoms with Gasteiger partial charge >= 0.3 is 0 Å². The summed E-state index contributed by atoms with van der Waals surface area (Å²) >= 11 is 5.87. The molecule has 1 aliphatic carbocycles. The fourth-order valence-corrected chi connectivity index (χ4v) is 1.88. The quantitative estimate of drug-likeness (QED) is 0.832. The van der Waals surface area contributed by atoms with Crippen molar-refractivity contribution in [3.05, 3.63) is 29.3 Å². The van der Waals surface area contributed by atoms with Crippen molar-refractivity contribution < 1.29 is 4.74 Å². The minimum absolute atomic E-state index is 0.476. The summed E-state index contributed by atoms with van der Waals surface area (Å²) in [4.78, 5) is 0. The molecular formula is C12H16ClNO. The lowest BCUT2D eigenvalue weighted by molar-refractivity contribution is 0.256. The summed E-state index contributed by atoms with van der Waals surface area (Å²) in [5, 5.41) is 4.01. The zero-order chi connectivity index (χ0) is 10.7. The van der Waals surface area contributed by atoms with Crippen molar-refractivity contribution >= 4 is 11.6 Å². The summed E-state index contributed by atoms with van der Waals surface area (Å²) in [5.74, 6) is 1.65. The molecule has 2 rings (SSSR count). The molecule has 15 heavy (non-hydrogen) atoms. The van der Waals surface area contributed by atoms with Gasteiger partial charge in [0.1, 0.15) is 12.4 Å². The molecule has 82 valence electrons. The van der Waals surface area contributed by atoms with Gasteiger partial charge in [0.15, 0.2) is 0 Å². The summed E-state index contributed by atoms with van der Waals surface area (Å²) in [6.45, 7) is 0.724. The highest BCUT2D eigenvalue weighted by molar-refractivity contribution is 6.30. The molecule has 0 radical (unpaired) electrons. The van der Waals surface area contributed by atoms with Crippen molar-refractivity contribution in [2.24, 2.45) is 5.92 Å². The number of halogens is 1. The summed E-state index contributed by atoms with van der Waals surface area (Å²) < 4.78 is 5.69. The molecule has 1 fully saturated rings. The van der Waals surface area contributed by atoms with E-state index in [4.69, 9.17) is 16.3 Å². The fraction of sp³-hybridized carbons (Fsp3) is 0.500. The van der Waals surface area contributed by atoms with Crippen LogP contribution >= 0.6 is 11.6 Å². The van der Waals surface area contributed by atoms with Crippen LogP contribution in [0.4, 0.5) is 0 Å². The Morgan fingerprint density at radius 2 is 2.33 bits per heavy atom. The molecule has 1 aromatic rings. The van der Waals surface area contributed by atoms with Gasteiger partial charge in [-0.15, -0.1) is 0 Å². The van der Waals surface area contributed by atoms with Crippen molar-refractivity contribution in [2.45, 2.75) is 18.9 Å². The predicted octanol–water partition coefficient (Wildman–Crippen LogP) is 2.72. The molecule has 1 N–H and O–H groups in total. The van der Waals surface area contributed by atoms with E-state index >= 15 is 0 Å². The van der Waals surface area contributed by atoms with E-state index in [9.17, 15) is 0 Å². The van der Waals surface area contributed by atoms with Gasteiger partial charge < -0.3 is 10.1 Å². The number of nitrogens with one attached hydrogen (secondary N) is 1. The summed E-state index contributed by atoms with van der Waals surface area (Å²) in [7, 11) is 1.99. The van der Waals surface area contributed by atoms with Crippen LogP contribution in [0.25, 0.3) is 0 Å². The van der Waals surface area contributed by atoms with Crippen LogP contribution in [-0.4, -0.2) is 19.7 Å². The predicted molar refractivity (Wildman–Crippen MR) is 62.5 cm³/mol. The zero-order valence-corrected chi connectivity index (χ0v) is 9.63. The molecule has 0 bridgehead atoms. The van der Waals surface area contributed by atoms with Crippen molar-refractivity contribution in [3.8, 4) is 5.75 Å². The highest BCUT2D eigenvalue weighted by Gasteiger charge is 2.30. The number of rotatable bonds is 5. The number of hydrogen-bond acceptors (Lipinski definition) is 2. The fourth-order valence-electron chi connectivity index (χ4n) is 1.70. The summed E-state index contributed by atoms with van der Waals surface area (Å²) in [6.07, 6.45) is 2.65. The molecule has 2 nitrogen and oxygen atoms in total. The minimum atomic E-state index is 0.476. The van der Waals surface area contributed by atoms with Gasteiger partial charge in [-0.1, -0.05) is 17.7 Å². The second-order valence-electron chi connectivity index (χ2n) is 4.00. The van der Waals surface area contributed by atoms with E-state index in [2.05, 4.69) is 5.32 Å². The van der Waals surface area contributed by atoms with Crippen molar-refractivity contribution in [1.29, 1.82) is 0 Å². The number of ether oxygens (including phenoxy) is 1. The van der Waals surface area contributed by atoms with E-state index in [0.717, 1.165) is 23.3 Å². The van der Waals surface area contributed by atoms with Crippen LogP contribution in [0.5, 0.6) is 5.75 Å². The maximum Gasteiger partial charge on any atom is 0.120 e. The molecular weight excluding hydrogens is 210 g/mol. The topological polar surface area (TPSA) is 21.3 Å². The van der Waals surface area contributed by atoms with Crippen molar-refractivity contribution in [1.82, 2.24) is 5.32 Å². The first-order valence-electron chi connectivity index (χ1n) is 5.35. The second-order valence-corrected chi connectivity index (χ2v) is 4.44. The first kappa shape index (κ1) is 10.8. The molecule has 3 heteroatoms. The van der Waals surface area contributed by atoms with Crippen LogP contribution in [0.2, 0.25) is 5.02 Å². The van der Waals surface area contributed by atoms with Crippen molar-refractivity contribution in [3.63, 3.8) is 0 Å². The van der Waals surface area contributed by atoms with Crippen LogP contribution in [-0.2, 0) is 0 Å². The minimum Gasteiger partial charge on any atom is -0.492 e. The van der Waals surface area contributed by atoms with E-state index in [1.165, 1.54) is 12.8 Å². The lowest BCUT2D eigenvalue weighted by atomic mass is 10.2. The maximum absolute atomic E-state index is 5.87. The van der Waals surface area contributed by atoms with Gasteiger partial charge in [-0.25, -0.2) is 0 Å². The Hall–Kier alpha value is -0.730. The first-order valence-corrected chi connectivity index (χ1v) is 5.73. The average Bonchev–Trinajstić information content (AvgIpc) is 3.03.